The molecule has 82 valence electrons. The first-order chi connectivity index (χ1) is 7.00. The van der Waals surface area contributed by atoms with Crippen LogP contribution in [0, 0.1) is 10.1 Å². The molecule has 1 aromatic carbocycles. The molecule has 1 atom stereocenters. The van der Waals surface area contributed by atoms with Crippen molar-refractivity contribution in [3.63, 3.8) is 0 Å². The zero-order valence-corrected chi connectivity index (χ0v) is 9.20. The molecule has 15 heavy (non-hydrogen) atoms. The number of rotatable bonds is 4. The van der Waals surface area contributed by atoms with Crippen LogP contribution in [0.5, 0.6) is 0 Å². The fraction of sp³-hybridized carbons (Fsp3) is 0.400. The standard InChI is InChI=1S/C10H13ClN2O2/c1-7(12)2-3-8-4-5-9(11)10(6-8)13(14)15/h4-7H,2-3,12H2,1H3/t7-/m0/s1. The van der Waals surface area contributed by atoms with Crippen LogP contribution in [-0.4, -0.2) is 11.0 Å². The molecule has 0 aliphatic heterocycles. The second-order valence-corrected chi connectivity index (χ2v) is 3.97. The van der Waals surface area contributed by atoms with E-state index in [1.807, 2.05) is 6.92 Å². The van der Waals surface area contributed by atoms with Gasteiger partial charge in [-0.25, -0.2) is 0 Å². The fourth-order valence-electron chi connectivity index (χ4n) is 1.25. The summed E-state index contributed by atoms with van der Waals surface area (Å²) >= 11 is 5.69. The van der Waals surface area contributed by atoms with Gasteiger partial charge in [-0.15, -0.1) is 0 Å². The highest BCUT2D eigenvalue weighted by Crippen LogP contribution is 2.25. The summed E-state index contributed by atoms with van der Waals surface area (Å²) < 4.78 is 0. The average Bonchev–Trinajstić information content (AvgIpc) is 2.16. The SMILES string of the molecule is C[C@H](N)CCc1ccc(Cl)c([N+](=O)[O-])c1. The van der Waals surface area contributed by atoms with Gasteiger partial charge >= 0.3 is 0 Å². The first-order valence-electron chi connectivity index (χ1n) is 4.69. The molecule has 0 bridgehead atoms. The van der Waals surface area contributed by atoms with E-state index >= 15 is 0 Å². The summed E-state index contributed by atoms with van der Waals surface area (Å²) in [5.74, 6) is 0. The summed E-state index contributed by atoms with van der Waals surface area (Å²) in [6, 6.07) is 4.94. The lowest BCUT2D eigenvalue weighted by molar-refractivity contribution is -0.384. The minimum atomic E-state index is -0.474. The molecule has 0 heterocycles. The quantitative estimate of drug-likeness (QED) is 0.636. The van der Waals surface area contributed by atoms with E-state index in [1.54, 1.807) is 12.1 Å². The van der Waals surface area contributed by atoms with E-state index in [4.69, 9.17) is 17.3 Å². The maximum atomic E-state index is 10.6. The zero-order chi connectivity index (χ0) is 11.4. The predicted octanol–water partition coefficient (Wildman–Crippen LogP) is 2.53. The topological polar surface area (TPSA) is 69.2 Å². The van der Waals surface area contributed by atoms with Gasteiger partial charge in [0, 0.05) is 12.1 Å². The Morgan fingerprint density at radius 2 is 2.27 bits per heavy atom. The number of nitrogens with two attached hydrogens (primary N) is 1. The Hall–Kier alpha value is -1.13. The van der Waals surface area contributed by atoms with E-state index in [2.05, 4.69) is 0 Å². The molecule has 0 amide bonds. The lowest BCUT2D eigenvalue weighted by atomic mass is 10.1. The maximum Gasteiger partial charge on any atom is 0.288 e. The van der Waals surface area contributed by atoms with Gasteiger partial charge < -0.3 is 5.73 Å². The third-order valence-corrected chi connectivity index (χ3v) is 2.42. The number of nitro groups is 1. The number of halogens is 1. The molecule has 0 saturated heterocycles. The summed E-state index contributed by atoms with van der Waals surface area (Å²) in [5.41, 5.74) is 6.46. The minimum absolute atomic E-state index is 0.0427. The van der Waals surface area contributed by atoms with Gasteiger partial charge in [-0.05, 0) is 31.4 Å². The molecular weight excluding hydrogens is 216 g/mol. The van der Waals surface area contributed by atoms with Crippen molar-refractivity contribution in [1.29, 1.82) is 0 Å². The molecule has 0 unspecified atom stereocenters. The molecular formula is C10H13ClN2O2. The van der Waals surface area contributed by atoms with Gasteiger partial charge in [0.05, 0.1) is 4.92 Å². The molecule has 2 N–H and O–H groups in total. The largest absolute Gasteiger partial charge is 0.328 e. The molecule has 1 aromatic rings. The van der Waals surface area contributed by atoms with E-state index in [0.717, 1.165) is 18.4 Å². The number of nitro benzene ring substituents is 1. The van der Waals surface area contributed by atoms with Gasteiger partial charge in [0.1, 0.15) is 5.02 Å². The van der Waals surface area contributed by atoms with Crippen LogP contribution >= 0.6 is 11.6 Å². The summed E-state index contributed by atoms with van der Waals surface area (Å²) in [5, 5.41) is 10.8. The first-order valence-corrected chi connectivity index (χ1v) is 5.07. The highest BCUT2D eigenvalue weighted by atomic mass is 35.5. The number of aryl methyl sites for hydroxylation is 1. The molecule has 0 fully saturated rings. The Kier molecular flexibility index (Phi) is 4.05. The molecule has 5 heteroatoms. The normalized spacial score (nSPS) is 12.5. The number of benzene rings is 1. The van der Waals surface area contributed by atoms with Crippen molar-refractivity contribution < 1.29 is 4.92 Å². The van der Waals surface area contributed by atoms with Crippen LogP contribution in [0.3, 0.4) is 0 Å². The van der Waals surface area contributed by atoms with Crippen molar-refractivity contribution >= 4 is 17.3 Å². The van der Waals surface area contributed by atoms with Crippen molar-refractivity contribution in [3.05, 3.63) is 38.9 Å². The molecule has 0 saturated carbocycles. The van der Waals surface area contributed by atoms with Crippen molar-refractivity contribution in [3.8, 4) is 0 Å². The maximum absolute atomic E-state index is 10.6. The van der Waals surface area contributed by atoms with Crippen molar-refractivity contribution in [2.75, 3.05) is 0 Å². The van der Waals surface area contributed by atoms with Crippen molar-refractivity contribution in [2.45, 2.75) is 25.8 Å². The molecule has 0 radical (unpaired) electrons. The van der Waals surface area contributed by atoms with Gasteiger partial charge in [0.15, 0.2) is 0 Å². The molecule has 4 nitrogen and oxygen atoms in total. The van der Waals surface area contributed by atoms with Gasteiger partial charge in [0.25, 0.3) is 5.69 Å². The van der Waals surface area contributed by atoms with E-state index in [9.17, 15) is 10.1 Å². The number of hydrogen-bond acceptors (Lipinski definition) is 3. The summed E-state index contributed by atoms with van der Waals surface area (Å²) in [7, 11) is 0. The fourth-order valence-corrected chi connectivity index (χ4v) is 1.43. The van der Waals surface area contributed by atoms with E-state index in [-0.39, 0.29) is 16.8 Å². The Bertz CT molecular complexity index is 366. The zero-order valence-electron chi connectivity index (χ0n) is 8.44. The monoisotopic (exact) mass is 228 g/mol. The first kappa shape index (κ1) is 11.9. The van der Waals surface area contributed by atoms with Crippen LogP contribution in [0.1, 0.15) is 18.9 Å². The Morgan fingerprint density at radius 3 is 2.80 bits per heavy atom. The smallest absolute Gasteiger partial charge is 0.288 e. The Morgan fingerprint density at radius 1 is 1.60 bits per heavy atom. The van der Waals surface area contributed by atoms with Crippen LogP contribution in [0.15, 0.2) is 18.2 Å². The predicted molar refractivity (Wildman–Crippen MR) is 60.1 cm³/mol. The van der Waals surface area contributed by atoms with Crippen LogP contribution in [0.2, 0.25) is 5.02 Å². The molecule has 1 rings (SSSR count). The number of nitrogens with zero attached hydrogens (tertiary/aromatic N) is 1. The average molecular weight is 229 g/mol. The third kappa shape index (κ3) is 3.49. The van der Waals surface area contributed by atoms with Crippen LogP contribution < -0.4 is 5.73 Å². The summed E-state index contributed by atoms with van der Waals surface area (Å²) in [4.78, 5) is 10.1. The van der Waals surface area contributed by atoms with E-state index in [1.165, 1.54) is 6.07 Å². The van der Waals surface area contributed by atoms with Gasteiger partial charge in [0.2, 0.25) is 0 Å². The summed E-state index contributed by atoms with van der Waals surface area (Å²) in [6.45, 7) is 1.91. The molecule has 0 aromatic heterocycles. The molecule has 0 spiro atoms. The highest BCUT2D eigenvalue weighted by Gasteiger charge is 2.12. The Labute approximate surface area is 93.2 Å². The number of hydrogen-bond donors (Lipinski definition) is 1. The minimum Gasteiger partial charge on any atom is -0.328 e. The van der Waals surface area contributed by atoms with Crippen molar-refractivity contribution in [2.24, 2.45) is 5.73 Å². The molecule has 0 aliphatic rings. The summed E-state index contributed by atoms with van der Waals surface area (Å²) in [6.07, 6.45) is 1.54. The lowest BCUT2D eigenvalue weighted by Crippen LogP contribution is -2.15. The lowest BCUT2D eigenvalue weighted by Gasteiger charge is -2.05. The second kappa shape index (κ2) is 5.09. The van der Waals surface area contributed by atoms with Gasteiger partial charge in [-0.2, -0.15) is 0 Å². The van der Waals surface area contributed by atoms with E-state index in [0.29, 0.717) is 0 Å². The van der Waals surface area contributed by atoms with E-state index < -0.39 is 4.92 Å². The van der Waals surface area contributed by atoms with Crippen molar-refractivity contribution in [1.82, 2.24) is 0 Å². The van der Waals surface area contributed by atoms with Gasteiger partial charge in [-0.3, -0.25) is 10.1 Å². The highest BCUT2D eigenvalue weighted by molar-refractivity contribution is 6.32. The second-order valence-electron chi connectivity index (χ2n) is 3.56. The third-order valence-electron chi connectivity index (χ3n) is 2.10. The van der Waals surface area contributed by atoms with Crippen LogP contribution in [0.4, 0.5) is 5.69 Å². The van der Waals surface area contributed by atoms with Crippen LogP contribution in [0.25, 0.3) is 0 Å². The van der Waals surface area contributed by atoms with Crippen LogP contribution in [-0.2, 0) is 6.42 Å². The Balaban J connectivity index is 2.83. The molecule has 0 aliphatic carbocycles. The van der Waals surface area contributed by atoms with Gasteiger partial charge in [-0.1, -0.05) is 17.7 Å².